The Kier molecular flexibility index (Phi) is 4.51. The molecule has 2 aromatic carbocycles. The molecule has 1 fully saturated rings. The molecule has 3 rings (SSSR count). The van der Waals surface area contributed by atoms with Crippen LogP contribution in [-0.4, -0.2) is 31.9 Å². The van der Waals surface area contributed by atoms with Gasteiger partial charge < -0.3 is 9.84 Å². The number of nitrogens with one attached hydrogen (secondary N) is 1. The maximum Gasteiger partial charge on any atom is 0.338 e. The van der Waals surface area contributed by atoms with Gasteiger partial charge >= 0.3 is 16.2 Å². The third kappa shape index (κ3) is 3.31. The quantitative estimate of drug-likeness (QED) is 0.808. The number of rotatable bonds is 5. The second kappa shape index (κ2) is 6.64. The van der Waals surface area contributed by atoms with Crippen molar-refractivity contribution in [1.29, 1.82) is 0 Å². The molecule has 0 unspecified atom stereocenters. The normalized spacial score (nSPS) is 15.6. The molecular weight excluding hydrogens is 367 g/mol. The molecule has 1 heterocycles. The van der Waals surface area contributed by atoms with Gasteiger partial charge in [0.25, 0.3) is 5.91 Å². The second-order valence-corrected chi connectivity index (χ2v) is 6.99. The molecule has 0 spiro atoms. The lowest BCUT2D eigenvalue weighted by Gasteiger charge is -2.20. The molecule has 10 heteroatoms. The number of carboxylic acid groups (broad SMARTS) is 1. The van der Waals surface area contributed by atoms with Crippen LogP contribution in [0.15, 0.2) is 42.5 Å². The Morgan fingerprint density at radius 2 is 1.92 bits per heavy atom. The largest absolute Gasteiger partial charge is 0.487 e. The van der Waals surface area contributed by atoms with Gasteiger partial charge in [0.15, 0.2) is 5.82 Å². The van der Waals surface area contributed by atoms with Crippen molar-refractivity contribution < 1.29 is 32.2 Å². The molecule has 2 aromatic rings. The zero-order valence-corrected chi connectivity index (χ0v) is 14.0. The van der Waals surface area contributed by atoms with E-state index in [4.69, 9.17) is 9.84 Å². The van der Waals surface area contributed by atoms with E-state index in [1.54, 1.807) is 35.1 Å². The SMILES string of the molecule is O=C1CN(c2c(OCc3ccccc3)ccc(C(=O)O)c2F)S(=O)(=O)N1. The molecule has 0 atom stereocenters. The molecule has 136 valence electrons. The molecule has 8 nitrogen and oxygen atoms in total. The highest BCUT2D eigenvalue weighted by molar-refractivity contribution is 7.92. The third-order valence-electron chi connectivity index (χ3n) is 3.62. The number of amides is 1. The van der Waals surface area contributed by atoms with Crippen molar-refractivity contribution in [2.24, 2.45) is 0 Å². The number of carbonyl (C=O) groups is 2. The molecule has 1 saturated heterocycles. The number of nitrogens with zero attached hydrogens (tertiary/aromatic N) is 1. The van der Waals surface area contributed by atoms with Gasteiger partial charge in [-0.1, -0.05) is 30.3 Å². The number of hydrogen-bond acceptors (Lipinski definition) is 5. The van der Waals surface area contributed by atoms with E-state index < -0.39 is 45.7 Å². The number of halogens is 1. The number of ether oxygens (including phenoxy) is 1. The molecule has 0 radical (unpaired) electrons. The first kappa shape index (κ1) is 17.7. The van der Waals surface area contributed by atoms with Gasteiger partial charge in [0, 0.05) is 0 Å². The Hall–Kier alpha value is -3.14. The first-order chi connectivity index (χ1) is 12.3. The number of anilines is 1. The van der Waals surface area contributed by atoms with Gasteiger partial charge in [-0.2, -0.15) is 8.42 Å². The summed E-state index contributed by atoms with van der Waals surface area (Å²) in [5.41, 5.74) is -0.625. The van der Waals surface area contributed by atoms with Crippen molar-refractivity contribution in [1.82, 2.24) is 4.72 Å². The maximum atomic E-state index is 14.7. The summed E-state index contributed by atoms with van der Waals surface area (Å²) in [5.74, 6) is -3.94. The highest BCUT2D eigenvalue weighted by Gasteiger charge is 2.38. The van der Waals surface area contributed by atoms with Crippen LogP contribution in [0.2, 0.25) is 0 Å². The zero-order chi connectivity index (χ0) is 18.9. The van der Waals surface area contributed by atoms with Gasteiger partial charge in [0.1, 0.15) is 24.6 Å². The van der Waals surface area contributed by atoms with E-state index >= 15 is 0 Å². The van der Waals surface area contributed by atoms with E-state index in [0.717, 1.165) is 17.7 Å². The molecule has 1 amide bonds. The highest BCUT2D eigenvalue weighted by atomic mass is 32.2. The maximum absolute atomic E-state index is 14.7. The number of carbonyl (C=O) groups excluding carboxylic acids is 1. The molecule has 1 aliphatic heterocycles. The number of benzene rings is 2. The van der Waals surface area contributed by atoms with Crippen LogP contribution in [-0.2, 0) is 21.6 Å². The summed E-state index contributed by atoms with van der Waals surface area (Å²) >= 11 is 0. The number of carboxylic acids is 1. The Bertz CT molecular complexity index is 978. The molecule has 26 heavy (non-hydrogen) atoms. The van der Waals surface area contributed by atoms with Crippen molar-refractivity contribution in [3.63, 3.8) is 0 Å². The fourth-order valence-electron chi connectivity index (χ4n) is 2.44. The average Bonchev–Trinajstić information content (AvgIpc) is 2.85. The Labute approximate surface area is 148 Å². The predicted molar refractivity (Wildman–Crippen MR) is 88.5 cm³/mol. The van der Waals surface area contributed by atoms with Crippen LogP contribution < -0.4 is 13.8 Å². The van der Waals surface area contributed by atoms with Crippen LogP contribution in [0.25, 0.3) is 0 Å². The fraction of sp³-hybridized carbons (Fsp3) is 0.125. The minimum Gasteiger partial charge on any atom is -0.487 e. The Balaban J connectivity index is 2.05. The van der Waals surface area contributed by atoms with Crippen LogP contribution in [0.5, 0.6) is 5.75 Å². The number of aromatic carboxylic acids is 1. The van der Waals surface area contributed by atoms with Crippen molar-refractivity contribution in [3.05, 3.63) is 59.4 Å². The number of hydrogen-bond donors (Lipinski definition) is 2. The van der Waals surface area contributed by atoms with Gasteiger partial charge in [-0.25, -0.2) is 18.2 Å². The van der Waals surface area contributed by atoms with Gasteiger partial charge in [-0.15, -0.1) is 0 Å². The smallest absolute Gasteiger partial charge is 0.338 e. The van der Waals surface area contributed by atoms with Crippen LogP contribution in [0, 0.1) is 5.82 Å². The average molecular weight is 380 g/mol. The van der Waals surface area contributed by atoms with E-state index in [1.807, 2.05) is 0 Å². The Morgan fingerprint density at radius 1 is 1.23 bits per heavy atom. The van der Waals surface area contributed by atoms with E-state index in [1.165, 1.54) is 0 Å². The summed E-state index contributed by atoms with van der Waals surface area (Å²) < 4.78 is 46.5. The van der Waals surface area contributed by atoms with Crippen LogP contribution >= 0.6 is 0 Å². The van der Waals surface area contributed by atoms with E-state index in [0.29, 0.717) is 4.31 Å². The predicted octanol–water partition coefficient (Wildman–Crippen LogP) is 1.28. The lowest BCUT2D eigenvalue weighted by atomic mass is 10.1. The molecule has 0 saturated carbocycles. The molecule has 0 bridgehead atoms. The van der Waals surface area contributed by atoms with E-state index in [9.17, 15) is 22.4 Å². The third-order valence-corrected chi connectivity index (χ3v) is 4.99. The van der Waals surface area contributed by atoms with Crippen LogP contribution in [0.1, 0.15) is 15.9 Å². The van der Waals surface area contributed by atoms with E-state index in [-0.39, 0.29) is 12.4 Å². The minimum atomic E-state index is -4.34. The van der Waals surface area contributed by atoms with Crippen molar-refractivity contribution in [3.8, 4) is 5.75 Å². The monoisotopic (exact) mass is 380 g/mol. The van der Waals surface area contributed by atoms with Crippen molar-refractivity contribution in [2.75, 3.05) is 10.8 Å². The highest BCUT2D eigenvalue weighted by Crippen LogP contribution is 2.36. The summed E-state index contributed by atoms with van der Waals surface area (Å²) in [6.07, 6.45) is 0. The summed E-state index contributed by atoms with van der Waals surface area (Å²) in [5, 5.41) is 9.08. The molecule has 1 aliphatic rings. The lowest BCUT2D eigenvalue weighted by molar-refractivity contribution is -0.117. The summed E-state index contributed by atoms with van der Waals surface area (Å²) in [6.45, 7) is -0.682. The Morgan fingerprint density at radius 3 is 2.50 bits per heavy atom. The summed E-state index contributed by atoms with van der Waals surface area (Å²) in [7, 11) is -4.34. The summed E-state index contributed by atoms with van der Waals surface area (Å²) in [6, 6.07) is 11.0. The van der Waals surface area contributed by atoms with Gasteiger partial charge in [-0.3, -0.25) is 4.79 Å². The second-order valence-electron chi connectivity index (χ2n) is 5.39. The van der Waals surface area contributed by atoms with Gasteiger partial charge in [0.05, 0.1) is 5.56 Å². The lowest BCUT2D eigenvalue weighted by Crippen LogP contribution is -2.31. The van der Waals surface area contributed by atoms with Crippen LogP contribution in [0.4, 0.5) is 10.1 Å². The molecule has 0 aromatic heterocycles. The van der Waals surface area contributed by atoms with E-state index in [2.05, 4.69) is 0 Å². The summed E-state index contributed by atoms with van der Waals surface area (Å²) in [4.78, 5) is 22.6. The molecule has 2 N–H and O–H groups in total. The van der Waals surface area contributed by atoms with Crippen molar-refractivity contribution in [2.45, 2.75) is 6.61 Å². The molecular formula is C16H13FN2O6S. The fourth-order valence-corrected chi connectivity index (χ4v) is 3.60. The topological polar surface area (TPSA) is 113 Å². The minimum absolute atomic E-state index is 0.00500. The van der Waals surface area contributed by atoms with Crippen LogP contribution in [0.3, 0.4) is 0 Å². The first-order valence-electron chi connectivity index (χ1n) is 7.35. The van der Waals surface area contributed by atoms with Gasteiger partial charge in [0.2, 0.25) is 0 Å². The zero-order valence-electron chi connectivity index (χ0n) is 13.2. The first-order valence-corrected chi connectivity index (χ1v) is 8.79. The standard InChI is InChI=1S/C16H13FN2O6S/c17-14-11(16(21)22)6-7-12(25-9-10-4-2-1-3-5-10)15(14)19-8-13(20)18-26(19,23)24/h1-7H,8-9H2,(H,18,20)(H,21,22). The molecule has 0 aliphatic carbocycles. The van der Waals surface area contributed by atoms with Crippen molar-refractivity contribution >= 4 is 27.8 Å². The van der Waals surface area contributed by atoms with Gasteiger partial charge in [-0.05, 0) is 17.7 Å².